The monoisotopic (exact) mass is 342 g/mol. The molecule has 0 saturated carbocycles. The zero-order chi connectivity index (χ0) is 13.9. The average Bonchev–Trinajstić information content (AvgIpc) is 2.22. The van der Waals surface area contributed by atoms with Crippen LogP contribution in [-0.4, -0.2) is 21.0 Å². The van der Waals surface area contributed by atoms with Gasteiger partial charge in [-0.25, -0.2) is 21.9 Å². The van der Waals surface area contributed by atoms with Crippen molar-refractivity contribution in [2.45, 2.75) is 24.3 Å². The maximum Gasteiger partial charge on any atom is 0.243 e. The summed E-state index contributed by atoms with van der Waals surface area (Å²) in [5, 5.41) is 0. The van der Waals surface area contributed by atoms with Gasteiger partial charge in [0.25, 0.3) is 0 Å². The molecule has 18 heavy (non-hydrogen) atoms. The first-order valence-corrected chi connectivity index (χ1v) is 7.41. The van der Waals surface area contributed by atoms with Crippen molar-refractivity contribution in [1.29, 1.82) is 0 Å². The summed E-state index contributed by atoms with van der Waals surface area (Å²) < 4.78 is 52.2. The van der Waals surface area contributed by atoms with Crippen LogP contribution in [0.1, 0.15) is 13.3 Å². The zero-order valence-corrected chi connectivity index (χ0v) is 12.0. The molecule has 0 radical (unpaired) electrons. The first-order chi connectivity index (χ1) is 8.24. The molecule has 0 aliphatic heterocycles. The van der Waals surface area contributed by atoms with Gasteiger partial charge in [-0.2, -0.15) is 0 Å². The van der Waals surface area contributed by atoms with Crippen LogP contribution in [0, 0.1) is 11.6 Å². The fourth-order valence-corrected chi connectivity index (χ4v) is 2.64. The van der Waals surface area contributed by atoms with E-state index in [1.54, 1.807) is 6.92 Å². The van der Waals surface area contributed by atoms with Crippen LogP contribution in [0.2, 0.25) is 0 Å². The van der Waals surface area contributed by atoms with Crippen LogP contribution in [-0.2, 0) is 10.0 Å². The lowest BCUT2D eigenvalue weighted by molar-refractivity contribution is 0.540. The predicted octanol–water partition coefficient (Wildman–Crippen LogP) is 1.74. The molecule has 3 N–H and O–H groups in total. The maximum atomic E-state index is 13.5. The first-order valence-electron chi connectivity index (χ1n) is 5.14. The summed E-state index contributed by atoms with van der Waals surface area (Å²) >= 11 is 2.77. The average molecular weight is 343 g/mol. The van der Waals surface area contributed by atoms with Gasteiger partial charge in [-0.1, -0.05) is 0 Å². The number of nitrogens with one attached hydrogen (secondary N) is 1. The van der Waals surface area contributed by atoms with Gasteiger partial charge >= 0.3 is 0 Å². The lowest BCUT2D eigenvalue weighted by atomic mass is 10.3. The topological polar surface area (TPSA) is 72.2 Å². The highest BCUT2D eigenvalue weighted by molar-refractivity contribution is 9.10. The normalized spacial score (nSPS) is 13.6. The number of rotatable bonds is 5. The van der Waals surface area contributed by atoms with Crippen molar-refractivity contribution in [3.05, 3.63) is 28.2 Å². The van der Waals surface area contributed by atoms with Crippen molar-refractivity contribution < 1.29 is 17.2 Å². The summed E-state index contributed by atoms with van der Waals surface area (Å²) in [7, 11) is -4.07. The minimum absolute atomic E-state index is 0.0666. The van der Waals surface area contributed by atoms with Gasteiger partial charge in [0, 0.05) is 12.6 Å². The lowest BCUT2D eigenvalue weighted by Gasteiger charge is -2.09. The smallest absolute Gasteiger partial charge is 0.243 e. The van der Waals surface area contributed by atoms with Gasteiger partial charge in [0.2, 0.25) is 10.0 Å². The van der Waals surface area contributed by atoms with E-state index < -0.39 is 26.6 Å². The van der Waals surface area contributed by atoms with Crippen LogP contribution in [0.15, 0.2) is 21.5 Å². The van der Waals surface area contributed by atoms with Gasteiger partial charge in [-0.05, 0) is 41.4 Å². The summed E-state index contributed by atoms with van der Waals surface area (Å²) in [6.07, 6.45) is 0.403. The predicted molar refractivity (Wildman–Crippen MR) is 67.5 cm³/mol. The van der Waals surface area contributed by atoms with E-state index in [1.807, 2.05) is 0 Å². The third kappa shape index (κ3) is 3.98. The largest absolute Gasteiger partial charge is 0.328 e. The maximum absolute atomic E-state index is 13.5. The van der Waals surface area contributed by atoms with E-state index in [0.29, 0.717) is 12.5 Å². The van der Waals surface area contributed by atoms with E-state index in [1.165, 1.54) is 0 Å². The Bertz CT molecular complexity index is 535. The molecule has 1 unspecified atom stereocenters. The fourth-order valence-electron chi connectivity index (χ4n) is 1.21. The van der Waals surface area contributed by atoms with Crippen molar-refractivity contribution in [2.75, 3.05) is 6.54 Å². The van der Waals surface area contributed by atoms with Gasteiger partial charge in [0.05, 0.1) is 4.47 Å². The molecule has 0 aromatic heterocycles. The second-order valence-corrected chi connectivity index (χ2v) is 6.45. The summed E-state index contributed by atoms with van der Waals surface area (Å²) in [5.74, 6) is -1.86. The molecule has 1 rings (SSSR count). The van der Waals surface area contributed by atoms with E-state index >= 15 is 0 Å². The SMILES string of the molecule is CC(N)CCNS(=O)(=O)c1cc(F)c(Br)cc1F. The molecule has 1 aromatic rings. The molecule has 0 aliphatic rings. The summed E-state index contributed by atoms with van der Waals surface area (Å²) in [4.78, 5) is -0.715. The summed E-state index contributed by atoms with van der Waals surface area (Å²) in [6.45, 7) is 1.78. The van der Waals surface area contributed by atoms with Crippen LogP contribution in [0.3, 0.4) is 0 Å². The Labute approximate surface area is 113 Å². The van der Waals surface area contributed by atoms with Gasteiger partial charge in [0.1, 0.15) is 16.5 Å². The minimum atomic E-state index is -4.07. The van der Waals surface area contributed by atoms with Gasteiger partial charge < -0.3 is 5.73 Å². The first kappa shape index (κ1) is 15.5. The molecule has 8 heteroatoms. The van der Waals surface area contributed by atoms with Gasteiger partial charge in [0.15, 0.2) is 0 Å². The second kappa shape index (κ2) is 6.05. The Kier molecular flexibility index (Phi) is 5.20. The molecular formula is C10H13BrF2N2O2S. The molecule has 0 aliphatic carbocycles. The summed E-state index contributed by atoms with van der Waals surface area (Å²) in [5.41, 5.74) is 5.46. The van der Waals surface area contributed by atoms with Crippen molar-refractivity contribution in [2.24, 2.45) is 5.73 Å². The Balaban J connectivity index is 2.95. The van der Waals surface area contributed by atoms with Gasteiger partial charge in [-0.15, -0.1) is 0 Å². The molecule has 0 amide bonds. The lowest BCUT2D eigenvalue weighted by Crippen LogP contribution is -2.29. The Morgan fingerprint density at radius 1 is 1.39 bits per heavy atom. The highest BCUT2D eigenvalue weighted by Crippen LogP contribution is 2.22. The van der Waals surface area contributed by atoms with Gasteiger partial charge in [-0.3, -0.25) is 0 Å². The van der Waals surface area contributed by atoms with E-state index in [2.05, 4.69) is 20.7 Å². The Morgan fingerprint density at radius 3 is 2.56 bits per heavy atom. The molecule has 1 atom stereocenters. The minimum Gasteiger partial charge on any atom is -0.328 e. The Hall–Kier alpha value is -0.570. The number of nitrogens with two attached hydrogens (primary N) is 1. The van der Waals surface area contributed by atoms with E-state index in [0.717, 1.165) is 6.07 Å². The van der Waals surface area contributed by atoms with E-state index in [4.69, 9.17) is 5.73 Å². The molecule has 0 bridgehead atoms. The standard InChI is InChI=1S/C10H13BrF2N2O2S/c1-6(14)2-3-15-18(16,17)10-5-8(12)7(11)4-9(10)13/h4-6,15H,2-3,14H2,1H3. The molecular weight excluding hydrogens is 330 g/mol. The second-order valence-electron chi connectivity index (χ2n) is 3.86. The molecule has 102 valence electrons. The fraction of sp³-hybridized carbons (Fsp3) is 0.400. The molecule has 0 spiro atoms. The number of sulfonamides is 1. The van der Waals surface area contributed by atoms with Crippen LogP contribution in [0.25, 0.3) is 0 Å². The van der Waals surface area contributed by atoms with Crippen molar-refractivity contribution in [1.82, 2.24) is 4.72 Å². The zero-order valence-electron chi connectivity index (χ0n) is 9.58. The van der Waals surface area contributed by atoms with Crippen molar-refractivity contribution in [3.8, 4) is 0 Å². The highest BCUT2D eigenvalue weighted by atomic mass is 79.9. The molecule has 1 aromatic carbocycles. The third-order valence-electron chi connectivity index (χ3n) is 2.16. The molecule has 0 saturated heterocycles. The quantitative estimate of drug-likeness (QED) is 0.800. The molecule has 0 heterocycles. The highest BCUT2D eigenvalue weighted by Gasteiger charge is 2.21. The number of hydrogen-bond acceptors (Lipinski definition) is 3. The van der Waals surface area contributed by atoms with E-state index in [-0.39, 0.29) is 17.1 Å². The third-order valence-corrected chi connectivity index (χ3v) is 4.24. The van der Waals surface area contributed by atoms with E-state index in [9.17, 15) is 17.2 Å². The van der Waals surface area contributed by atoms with Crippen molar-refractivity contribution >= 4 is 26.0 Å². The van der Waals surface area contributed by atoms with Crippen LogP contribution < -0.4 is 10.5 Å². The number of halogens is 3. The number of hydrogen-bond donors (Lipinski definition) is 2. The molecule has 4 nitrogen and oxygen atoms in total. The molecule has 0 fully saturated rings. The van der Waals surface area contributed by atoms with Crippen LogP contribution >= 0.6 is 15.9 Å². The van der Waals surface area contributed by atoms with Crippen LogP contribution in [0.5, 0.6) is 0 Å². The summed E-state index contributed by atoms with van der Waals surface area (Å²) in [6, 6.07) is 1.22. The number of benzene rings is 1. The van der Waals surface area contributed by atoms with Crippen molar-refractivity contribution in [3.63, 3.8) is 0 Å². The Morgan fingerprint density at radius 2 is 2.00 bits per heavy atom. The van der Waals surface area contributed by atoms with Crippen LogP contribution in [0.4, 0.5) is 8.78 Å².